The van der Waals surface area contributed by atoms with Crippen molar-refractivity contribution in [2.75, 3.05) is 84.5 Å². The molecule has 0 bridgehead atoms. The van der Waals surface area contributed by atoms with E-state index in [0.29, 0.717) is 30.2 Å². The molecule has 25 heteroatoms. The predicted molar refractivity (Wildman–Crippen MR) is 207 cm³/mol. The summed E-state index contributed by atoms with van der Waals surface area (Å²) in [7, 11) is -2.14. The molecule has 312 valence electrons. The summed E-state index contributed by atoms with van der Waals surface area (Å²) in [5.41, 5.74) is 4.14. The normalized spacial score (nSPS) is 19.1. The highest BCUT2D eigenvalue weighted by molar-refractivity contribution is 8.13. The smallest absolute Gasteiger partial charge is 0.414 e. The Morgan fingerprint density at radius 3 is 1.61 bits per heavy atom. The molecule has 4 aliphatic heterocycles. The van der Waals surface area contributed by atoms with Gasteiger partial charge in [0.15, 0.2) is 0 Å². The van der Waals surface area contributed by atoms with Crippen molar-refractivity contribution in [3.8, 4) is 0 Å². The molecule has 0 aromatic heterocycles. The van der Waals surface area contributed by atoms with Crippen molar-refractivity contribution in [1.29, 1.82) is 0 Å². The third-order valence-electron chi connectivity index (χ3n) is 8.00. The molecule has 4 amide bonds. The number of nitrogens with zero attached hydrogens (tertiary/aromatic N) is 7. The average Bonchev–Trinajstić information content (AvgIpc) is 3.70. The quantitative estimate of drug-likeness (QED) is 0.301. The van der Waals surface area contributed by atoms with Gasteiger partial charge in [0, 0.05) is 37.6 Å². The van der Waals surface area contributed by atoms with E-state index < -0.39 is 55.1 Å². The zero-order valence-corrected chi connectivity index (χ0v) is 33.5. The van der Waals surface area contributed by atoms with Crippen molar-refractivity contribution < 1.29 is 54.3 Å². The van der Waals surface area contributed by atoms with Gasteiger partial charge in [-0.1, -0.05) is 0 Å². The minimum absolute atomic E-state index is 0.0970. The van der Waals surface area contributed by atoms with Crippen LogP contribution >= 0.6 is 10.7 Å². The summed E-state index contributed by atoms with van der Waals surface area (Å²) in [4.78, 5) is 51.7. The fourth-order valence-electron chi connectivity index (χ4n) is 5.43. The summed E-state index contributed by atoms with van der Waals surface area (Å²) in [6, 6.07) is 8.83. The molecule has 0 saturated carbocycles. The maximum absolute atomic E-state index is 14.6. The van der Waals surface area contributed by atoms with Crippen molar-refractivity contribution in [3.05, 3.63) is 48.0 Å². The molecular formula is C32H41ClF2N10O10S2. The van der Waals surface area contributed by atoms with Gasteiger partial charge in [0.05, 0.1) is 74.5 Å². The van der Waals surface area contributed by atoms with Gasteiger partial charge < -0.3 is 35.3 Å². The van der Waals surface area contributed by atoms with Crippen LogP contribution in [0.2, 0.25) is 0 Å². The highest BCUT2D eigenvalue weighted by Gasteiger charge is 2.34. The number of hydrazone groups is 2. The van der Waals surface area contributed by atoms with E-state index in [1.807, 2.05) is 0 Å². The standard InChI is InChI=1S/C16H20FN5O5S.C15H18FN5O3.CH3ClO2S/c1-11(23)18-8-13-9-21(16(24)27-13)12-3-4-15(14(17)7-12)20-5-6-22(19-10-20)28(2,25)26;1-10(22)17-7-12-8-21(15(23)24-12)11-2-3-14(13(16)6-11)20-5-4-18-19-9-20;1-5(2,3)4/h3-4,7,10,13H,5-6,8-9H2,1-2H3,(H,18,23);2-3,6,9,12,18H,4-5,7-8H2,1H3,(H,17,22);1H3/t13-;12-;/m00./s1. The molecule has 0 spiro atoms. The van der Waals surface area contributed by atoms with Crippen molar-refractivity contribution in [2.45, 2.75) is 26.1 Å². The van der Waals surface area contributed by atoms with Gasteiger partial charge in [-0.05, 0) is 36.4 Å². The molecule has 57 heavy (non-hydrogen) atoms. The first kappa shape index (κ1) is 44.2. The maximum Gasteiger partial charge on any atom is 0.414 e. The number of sulfonamides is 1. The summed E-state index contributed by atoms with van der Waals surface area (Å²) in [6.45, 7) is 5.17. The lowest BCUT2D eigenvalue weighted by Gasteiger charge is -2.28. The lowest BCUT2D eigenvalue weighted by molar-refractivity contribution is -0.120. The van der Waals surface area contributed by atoms with E-state index in [2.05, 4.69) is 36.9 Å². The van der Waals surface area contributed by atoms with Crippen LogP contribution < -0.4 is 35.7 Å². The van der Waals surface area contributed by atoms with Gasteiger partial charge in [-0.25, -0.2) is 35.2 Å². The lowest BCUT2D eigenvalue weighted by Crippen LogP contribution is -2.40. The summed E-state index contributed by atoms with van der Waals surface area (Å²) >= 11 is 0. The van der Waals surface area contributed by atoms with Crippen LogP contribution in [-0.2, 0) is 38.1 Å². The van der Waals surface area contributed by atoms with Gasteiger partial charge in [-0.15, -0.1) is 0 Å². The predicted octanol–water partition coefficient (Wildman–Crippen LogP) is 1.14. The molecule has 2 atom stereocenters. The molecule has 20 nitrogen and oxygen atoms in total. The molecular weight excluding hydrogens is 822 g/mol. The molecule has 2 fully saturated rings. The SMILES string of the molecule is CC(=O)NC[C@H]1CN(c2ccc(N3C=NN(S(C)(=O)=O)CC3)c(F)c2)C(=O)O1.CC(=O)NC[C@H]1CN(c2ccc(N3C=NNCC3)c(F)c2)C(=O)O1.CS(=O)(=O)Cl. The number of hydrogen-bond donors (Lipinski definition) is 3. The van der Waals surface area contributed by atoms with Crippen molar-refractivity contribution in [1.82, 2.24) is 20.5 Å². The van der Waals surface area contributed by atoms with Crippen LogP contribution in [0.1, 0.15) is 13.8 Å². The van der Waals surface area contributed by atoms with Crippen LogP contribution in [-0.4, -0.2) is 135 Å². The van der Waals surface area contributed by atoms with E-state index in [1.54, 1.807) is 23.1 Å². The van der Waals surface area contributed by atoms with Crippen molar-refractivity contribution >= 4 is 89.2 Å². The molecule has 4 heterocycles. The number of cyclic esters (lactones) is 2. The lowest BCUT2D eigenvalue weighted by atomic mass is 10.2. The third kappa shape index (κ3) is 13.3. The van der Waals surface area contributed by atoms with Crippen LogP contribution in [0.25, 0.3) is 0 Å². The number of amides is 4. The molecule has 2 saturated heterocycles. The Balaban J connectivity index is 0.000000228. The number of rotatable bonds is 9. The van der Waals surface area contributed by atoms with Crippen LogP contribution in [0.5, 0.6) is 0 Å². The van der Waals surface area contributed by atoms with E-state index in [4.69, 9.17) is 9.47 Å². The number of nitrogens with one attached hydrogen (secondary N) is 3. The van der Waals surface area contributed by atoms with Crippen molar-refractivity contribution in [3.63, 3.8) is 0 Å². The number of carbonyl (C=O) groups excluding carboxylic acids is 4. The van der Waals surface area contributed by atoms with Gasteiger partial charge in [0.2, 0.25) is 30.9 Å². The van der Waals surface area contributed by atoms with E-state index in [0.717, 1.165) is 16.9 Å². The first-order valence-electron chi connectivity index (χ1n) is 16.9. The second-order valence-electron chi connectivity index (χ2n) is 12.6. The molecule has 0 aliphatic carbocycles. The Labute approximate surface area is 331 Å². The fraction of sp³-hybridized carbons (Fsp3) is 0.438. The van der Waals surface area contributed by atoms with Crippen molar-refractivity contribution in [2.24, 2.45) is 10.2 Å². The zero-order chi connectivity index (χ0) is 42.1. The first-order chi connectivity index (χ1) is 26.7. The Morgan fingerprint density at radius 1 is 0.807 bits per heavy atom. The molecule has 0 unspecified atom stereocenters. The van der Waals surface area contributed by atoms with E-state index in [-0.39, 0.29) is 56.8 Å². The largest absolute Gasteiger partial charge is 0.442 e. The van der Waals surface area contributed by atoms with Gasteiger partial charge in [0.1, 0.15) is 36.5 Å². The van der Waals surface area contributed by atoms with E-state index in [1.165, 1.54) is 59.4 Å². The Bertz CT molecular complexity index is 2110. The number of ether oxygens (including phenoxy) is 2. The van der Waals surface area contributed by atoms with Gasteiger partial charge in [-0.2, -0.15) is 14.6 Å². The highest BCUT2D eigenvalue weighted by atomic mass is 35.7. The summed E-state index contributed by atoms with van der Waals surface area (Å²) in [6.07, 6.45) is 2.59. The zero-order valence-electron chi connectivity index (χ0n) is 31.1. The Hall–Kier alpha value is -5.49. The topological polar surface area (TPSA) is 232 Å². The number of benzene rings is 2. The molecule has 4 aliphatic rings. The van der Waals surface area contributed by atoms with Crippen LogP contribution in [0.3, 0.4) is 0 Å². The van der Waals surface area contributed by atoms with Crippen LogP contribution in [0, 0.1) is 11.6 Å². The summed E-state index contributed by atoms with van der Waals surface area (Å²) in [5.74, 6) is -1.46. The second-order valence-corrected chi connectivity index (χ2v) is 17.6. The molecule has 0 radical (unpaired) electrons. The number of hydrogen-bond acceptors (Lipinski definition) is 15. The van der Waals surface area contributed by atoms with Gasteiger partial charge in [-0.3, -0.25) is 19.4 Å². The highest BCUT2D eigenvalue weighted by Crippen LogP contribution is 2.29. The monoisotopic (exact) mass is 862 g/mol. The average molecular weight is 863 g/mol. The molecule has 6 rings (SSSR count). The maximum atomic E-state index is 14.6. The Kier molecular flexibility index (Phi) is 14.8. The van der Waals surface area contributed by atoms with Gasteiger partial charge in [0.25, 0.3) is 0 Å². The summed E-state index contributed by atoms with van der Waals surface area (Å²) in [5, 5.41) is 12.9. The minimum Gasteiger partial charge on any atom is -0.442 e. The molecule has 2 aromatic rings. The number of carbonyl (C=O) groups is 4. The Morgan fingerprint density at radius 2 is 1.26 bits per heavy atom. The minimum atomic E-state index is -3.45. The number of anilines is 4. The molecule has 2 aromatic carbocycles. The second kappa shape index (κ2) is 19.1. The van der Waals surface area contributed by atoms with E-state index in [9.17, 15) is 44.8 Å². The van der Waals surface area contributed by atoms with Crippen LogP contribution in [0.15, 0.2) is 46.6 Å². The fourth-order valence-corrected chi connectivity index (χ4v) is 6.06. The third-order valence-corrected chi connectivity index (χ3v) is 9.04. The van der Waals surface area contributed by atoms with E-state index >= 15 is 0 Å². The summed E-state index contributed by atoms with van der Waals surface area (Å²) < 4.78 is 82.1. The van der Waals surface area contributed by atoms with Crippen LogP contribution in [0.4, 0.5) is 41.1 Å². The molecule has 3 N–H and O–H groups in total. The number of halogens is 3. The first-order valence-corrected chi connectivity index (χ1v) is 21.5. The van der Waals surface area contributed by atoms with Gasteiger partial charge >= 0.3 is 12.2 Å².